The standard InChI is InChI=1S/C16H13F3N4O/c1-15(2,23-10-21-9-22-23)14(24)12(8-20)6-11-4-3-5-13(7-11)16(17,18)19/h3-7,9-10H,1-2H3. The maximum absolute atomic E-state index is 12.7. The molecule has 0 N–H and O–H groups in total. The van der Waals surface area contributed by atoms with Crippen molar-refractivity contribution in [3.05, 3.63) is 53.6 Å². The van der Waals surface area contributed by atoms with Gasteiger partial charge in [0.1, 0.15) is 24.3 Å². The van der Waals surface area contributed by atoms with Crippen LogP contribution in [0.4, 0.5) is 13.2 Å². The summed E-state index contributed by atoms with van der Waals surface area (Å²) in [5.41, 5.74) is -2.20. The van der Waals surface area contributed by atoms with Crippen LogP contribution in [-0.4, -0.2) is 20.5 Å². The Labute approximate surface area is 136 Å². The molecule has 0 aliphatic heterocycles. The van der Waals surface area contributed by atoms with Crippen molar-refractivity contribution in [3.63, 3.8) is 0 Å². The number of aromatic nitrogens is 3. The molecule has 24 heavy (non-hydrogen) atoms. The summed E-state index contributed by atoms with van der Waals surface area (Å²) in [5.74, 6) is -0.576. The van der Waals surface area contributed by atoms with Gasteiger partial charge in [0.15, 0.2) is 5.78 Å². The second kappa shape index (κ2) is 6.28. The van der Waals surface area contributed by atoms with Gasteiger partial charge in [-0.1, -0.05) is 12.1 Å². The fraction of sp³-hybridized carbons (Fsp3) is 0.250. The van der Waals surface area contributed by atoms with Crippen LogP contribution < -0.4 is 0 Å². The summed E-state index contributed by atoms with van der Waals surface area (Å²) in [4.78, 5) is 16.3. The summed E-state index contributed by atoms with van der Waals surface area (Å²) in [7, 11) is 0. The first-order chi connectivity index (χ1) is 11.2. The van der Waals surface area contributed by atoms with Gasteiger partial charge in [-0.15, -0.1) is 0 Å². The van der Waals surface area contributed by atoms with Crippen LogP contribution in [0, 0.1) is 11.3 Å². The van der Waals surface area contributed by atoms with Crippen molar-refractivity contribution in [2.75, 3.05) is 0 Å². The first kappa shape index (κ1) is 17.4. The van der Waals surface area contributed by atoms with Crippen LogP contribution in [0.1, 0.15) is 25.0 Å². The van der Waals surface area contributed by atoms with E-state index in [9.17, 15) is 23.2 Å². The molecule has 0 atom stereocenters. The van der Waals surface area contributed by atoms with E-state index in [-0.39, 0.29) is 11.1 Å². The first-order valence-electron chi connectivity index (χ1n) is 6.85. The van der Waals surface area contributed by atoms with Gasteiger partial charge < -0.3 is 0 Å². The van der Waals surface area contributed by atoms with Gasteiger partial charge in [0.25, 0.3) is 0 Å². The van der Waals surface area contributed by atoms with Crippen molar-refractivity contribution in [3.8, 4) is 6.07 Å². The van der Waals surface area contributed by atoms with Gasteiger partial charge in [-0.2, -0.15) is 23.5 Å². The molecular weight excluding hydrogens is 321 g/mol. The topological polar surface area (TPSA) is 71.6 Å². The maximum Gasteiger partial charge on any atom is 0.416 e. The van der Waals surface area contributed by atoms with Gasteiger partial charge >= 0.3 is 6.18 Å². The van der Waals surface area contributed by atoms with E-state index >= 15 is 0 Å². The third-order valence-electron chi connectivity index (χ3n) is 3.44. The van der Waals surface area contributed by atoms with Crippen molar-refractivity contribution in [2.45, 2.75) is 25.6 Å². The van der Waals surface area contributed by atoms with Crippen molar-refractivity contribution < 1.29 is 18.0 Å². The molecule has 0 radical (unpaired) electrons. The maximum atomic E-state index is 12.7. The van der Waals surface area contributed by atoms with E-state index in [1.54, 1.807) is 19.9 Å². The molecule has 0 amide bonds. The third-order valence-corrected chi connectivity index (χ3v) is 3.44. The number of hydrogen-bond donors (Lipinski definition) is 0. The molecule has 1 heterocycles. The van der Waals surface area contributed by atoms with Gasteiger partial charge in [-0.3, -0.25) is 4.79 Å². The fourth-order valence-electron chi connectivity index (χ4n) is 2.05. The molecule has 1 aromatic carbocycles. The zero-order valence-corrected chi connectivity index (χ0v) is 12.9. The highest BCUT2D eigenvalue weighted by molar-refractivity contribution is 6.07. The number of ketones is 1. The first-order valence-corrected chi connectivity index (χ1v) is 6.85. The number of nitrogens with zero attached hydrogens (tertiary/aromatic N) is 4. The lowest BCUT2D eigenvalue weighted by atomic mass is 9.92. The van der Waals surface area contributed by atoms with Crippen LogP contribution >= 0.6 is 0 Å². The predicted octanol–water partition coefficient (Wildman–Crippen LogP) is 3.21. The number of carbonyl (C=O) groups is 1. The molecule has 5 nitrogen and oxygen atoms in total. The van der Waals surface area contributed by atoms with E-state index in [1.165, 1.54) is 29.5 Å². The van der Waals surface area contributed by atoms with Crippen LogP contribution in [0.25, 0.3) is 6.08 Å². The number of allylic oxidation sites excluding steroid dienone is 1. The number of alkyl halides is 3. The van der Waals surface area contributed by atoms with E-state index in [2.05, 4.69) is 10.1 Å². The lowest BCUT2D eigenvalue weighted by Gasteiger charge is -2.22. The van der Waals surface area contributed by atoms with Crippen LogP contribution in [-0.2, 0) is 16.5 Å². The van der Waals surface area contributed by atoms with Gasteiger partial charge in [-0.05, 0) is 37.6 Å². The second-order valence-electron chi connectivity index (χ2n) is 5.52. The number of benzene rings is 1. The SMILES string of the molecule is CC(C)(C(=O)C(C#N)=Cc1cccc(C(F)(F)F)c1)n1cncn1. The van der Waals surface area contributed by atoms with E-state index in [1.807, 2.05) is 0 Å². The molecule has 8 heteroatoms. The predicted molar refractivity (Wildman–Crippen MR) is 79.4 cm³/mol. The lowest BCUT2D eigenvalue weighted by Crippen LogP contribution is -2.37. The summed E-state index contributed by atoms with van der Waals surface area (Å²) >= 11 is 0. The normalized spacial score (nSPS) is 12.8. The number of hydrogen-bond acceptors (Lipinski definition) is 4. The fourth-order valence-corrected chi connectivity index (χ4v) is 2.05. The van der Waals surface area contributed by atoms with Gasteiger partial charge in [0.05, 0.1) is 11.1 Å². The Morgan fingerprint density at radius 1 is 1.33 bits per heavy atom. The van der Waals surface area contributed by atoms with E-state index in [4.69, 9.17) is 0 Å². The zero-order valence-electron chi connectivity index (χ0n) is 12.9. The number of nitriles is 1. The van der Waals surface area contributed by atoms with Gasteiger partial charge in [-0.25, -0.2) is 9.67 Å². The van der Waals surface area contributed by atoms with E-state index in [0.717, 1.165) is 18.2 Å². The van der Waals surface area contributed by atoms with Gasteiger partial charge in [0, 0.05) is 0 Å². The summed E-state index contributed by atoms with van der Waals surface area (Å²) in [6, 6.07) is 6.16. The average Bonchev–Trinajstić information content (AvgIpc) is 3.06. The Hall–Kier alpha value is -2.95. The van der Waals surface area contributed by atoms with Crippen LogP contribution in [0.3, 0.4) is 0 Å². The van der Waals surface area contributed by atoms with Crippen LogP contribution in [0.15, 0.2) is 42.5 Å². The molecule has 0 aliphatic rings. The van der Waals surface area contributed by atoms with Crippen molar-refractivity contribution in [1.82, 2.24) is 14.8 Å². The smallest absolute Gasteiger partial charge is 0.291 e. The van der Waals surface area contributed by atoms with Crippen molar-refractivity contribution >= 4 is 11.9 Å². The molecule has 0 saturated heterocycles. The molecular formula is C16H13F3N4O. The Morgan fingerprint density at radius 3 is 2.58 bits per heavy atom. The largest absolute Gasteiger partial charge is 0.416 e. The molecule has 0 spiro atoms. The lowest BCUT2D eigenvalue weighted by molar-refractivity contribution is -0.137. The minimum Gasteiger partial charge on any atom is -0.291 e. The third kappa shape index (κ3) is 3.51. The van der Waals surface area contributed by atoms with E-state index < -0.39 is 23.1 Å². The zero-order chi connectivity index (χ0) is 18.0. The minimum atomic E-state index is -4.50. The van der Waals surface area contributed by atoms with Crippen LogP contribution in [0.5, 0.6) is 0 Å². The summed E-state index contributed by atoms with van der Waals surface area (Å²) < 4.78 is 39.5. The number of Topliss-reactive ketones (excluding diaryl/α,β-unsaturated/α-hetero) is 1. The highest BCUT2D eigenvalue weighted by Crippen LogP contribution is 2.30. The molecule has 0 fully saturated rings. The monoisotopic (exact) mass is 334 g/mol. The Bertz CT molecular complexity index is 815. The molecule has 124 valence electrons. The summed E-state index contributed by atoms with van der Waals surface area (Å²) in [5, 5.41) is 13.1. The number of rotatable bonds is 4. The number of halogens is 3. The van der Waals surface area contributed by atoms with E-state index in [0.29, 0.717) is 0 Å². The highest BCUT2D eigenvalue weighted by atomic mass is 19.4. The van der Waals surface area contributed by atoms with Crippen LogP contribution in [0.2, 0.25) is 0 Å². The molecule has 0 bridgehead atoms. The summed E-state index contributed by atoms with van der Waals surface area (Å²) in [6.45, 7) is 3.09. The van der Waals surface area contributed by atoms with Gasteiger partial charge in [0.2, 0.25) is 0 Å². The molecule has 1 aromatic heterocycles. The Morgan fingerprint density at radius 2 is 2.04 bits per heavy atom. The quantitative estimate of drug-likeness (QED) is 0.636. The average molecular weight is 334 g/mol. The molecule has 0 aliphatic carbocycles. The summed E-state index contributed by atoms with van der Waals surface area (Å²) in [6.07, 6.45) is -0.786. The highest BCUT2D eigenvalue weighted by Gasteiger charge is 2.33. The minimum absolute atomic E-state index is 0.115. The Balaban J connectivity index is 2.40. The molecule has 2 aromatic rings. The molecule has 0 saturated carbocycles. The second-order valence-corrected chi connectivity index (χ2v) is 5.52. The number of carbonyl (C=O) groups excluding carboxylic acids is 1. The molecule has 0 unspecified atom stereocenters. The van der Waals surface area contributed by atoms with Crippen molar-refractivity contribution in [1.29, 1.82) is 5.26 Å². The Kier molecular flexibility index (Phi) is 4.55. The molecule has 2 rings (SSSR count). The van der Waals surface area contributed by atoms with Crippen molar-refractivity contribution in [2.24, 2.45) is 0 Å².